The monoisotopic (exact) mass is 276 g/mol. The number of amides is 1. The zero-order chi connectivity index (χ0) is 13.7. The maximum absolute atomic E-state index is 12.1. The first-order chi connectivity index (χ1) is 9.18. The van der Waals surface area contributed by atoms with Crippen molar-refractivity contribution >= 4 is 28.4 Å². The Hall–Kier alpha value is -1.61. The number of carbonyl (C=O) groups is 1. The lowest BCUT2D eigenvalue weighted by atomic mass is 10.1. The van der Waals surface area contributed by atoms with Gasteiger partial charge in [-0.25, -0.2) is 0 Å². The maximum atomic E-state index is 12.1. The zero-order valence-corrected chi connectivity index (χ0v) is 11.7. The molecule has 0 aliphatic rings. The molecule has 0 fully saturated rings. The summed E-state index contributed by atoms with van der Waals surface area (Å²) < 4.78 is 0. The quantitative estimate of drug-likeness (QED) is 0.672. The fourth-order valence-corrected chi connectivity index (χ4v) is 2.13. The van der Waals surface area contributed by atoms with Crippen molar-refractivity contribution in [3.8, 4) is 0 Å². The van der Waals surface area contributed by atoms with Gasteiger partial charge in [-0.1, -0.05) is 18.2 Å². The van der Waals surface area contributed by atoms with Crippen LogP contribution in [0.1, 0.15) is 30.1 Å². The van der Waals surface area contributed by atoms with Gasteiger partial charge in [-0.15, -0.1) is 11.6 Å². The molecule has 0 aliphatic carbocycles. The number of rotatable bonds is 5. The number of alkyl halides is 1. The number of halogens is 1. The topological polar surface area (TPSA) is 42.0 Å². The van der Waals surface area contributed by atoms with Crippen molar-refractivity contribution in [2.24, 2.45) is 0 Å². The molecule has 1 unspecified atom stereocenters. The predicted octanol–water partition coefficient (Wildman–Crippen LogP) is 3.37. The molecule has 0 radical (unpaired) electrons. The molecule has 1 heterocycles. The number of nitrogens with one attached hydrogen (secondary N) is 1. The van der Waals surface area contributed by atoms with Crippen LogP contribution in [0, 0.1) is 0 Å². The molecular weight excluding hydrogens is 260 g/mol. The normalized spacial score (nSPS) is 12.3. The summed E-state index contributed by atoms with van der Waals surface area (Å²) in [6.45, 7) is 2.60. The van der Waals surface area contributed by atoms with Crippen LogP contribution in [0.4, 0.5) is 0 Å². The summed E-state index contributed by atoms with van der Waals surface area (Å²) in [6.07, 6.45) is 3.45. The molecule has 1 aromatic carbocycles. The molecule has 1 amide bonds. The Morgan fingerprint density at radius 3 is 2.95 bits per heavy atom. The summed E-state index contributed by atoms with van der Waals surface area (Å²) in [5.41, 5.74) is 1.51. The number of carbonyl (C=O) groups excluding carboxylic acids is 1. The van der Waals surface area contributed by atoms with E-state index in [0.29, 0.717) is 12.1 Å². The van der Waals surface area contributed by atoms with Crippen LogP contribution >= 0.6 is 11.6 Å². The minimum absolute atomic E-state index is 0.0548. The number of pyridine rings is 1. The van der Waals surface area contributed by atoms with E-state index >= 15 is 0 Å². The number of para-hydroxylation sites is 1. The first kappa shape index (κ1) is 13.8. The van der Waals surface area contributed by atoms with E-state index in [1.54, 1.807) is 12.3 Å². The lowest BCUT2D eigenvalue weighted by molar-refractivity contribution is 0.0954. The Morgan fingerprint density at radius 2 is 2.16 bits per heavy atom. The number of nitrogens with zero attached hydrogens (tertiary/aromatic N) is 1. The third-order valence-electron chi connectivity index (χ3n) is 2.96. The fraction of sp³-hybridized carbons (Fsp3) is 0.333. The van der Waals surface area contributed by atoms with Gasteiger partial charge in [0, 0.05) is 23.5 Å². The van der Waals surface area contributed by atoms with Crippen molar-refractivity contribution in [3.05, 3.63) is 42.1 Å². The van der Waals surface area contributed by atoms with Crippen LogP contribution in [0.25, 0.3) is 10.9 Å². The van der Waals surface area contributed by atoms with Crippen LogP contribution in [0.5, 0.6) is 0 Å². The maximum Gasteiger partial charge on any atom is 0.252 e. The van der Waals surface area contributed by atoms with E-state index in [4.69, 9.17) is 11.6 Å². The third kappa shape index (κ3) is 3.67. The fourth-order valence-electron chi connectivity index (χ4n) is 1.97. The summed E-state index contributed by atoms with van der Waals surface area (Å²) in [7, 11) is 0. The highest BCUT2D eigenvalue weighted by Gasteiger charge is 2.09. The molecule has 2 rings (SSSR count). The van der Waals surface area contributed by atoms with Gasteiger partial charge in [0.25, 0.3) is 5.91 Å². The van der Waals surface area contributed by atoms with Crippen LogP contribution < -0.4 is 5.32 Å². The number of aromatic nitrogens is 1. The number of fused-ring (bicyclic) bond motifs is 1. The van der Waals surface area contributed by atoms with Crippen LogP contribution in [0.2, 0.25) is 0 Å². The van der Waals surface area contributed by atoms with Gasteiger partial charge in [0.15, 0.2) is 0 Å². The van der Waals surface area contributed by atoms with E-state index < -0.39 is 0 Å². The number of hydrogen-bond donors (Lipinski definition) is 1. The minimum atomic E-state index is -0.0548. The van der Waals surface area contributed by atoms with Crippen molar-refractivity contribution in [2.75, 3.05) is 6.54 Å². The predicted molar refractivity (Wildman–Crippen MR) is 78.6 cm³/mol. The van der Waals surface area contributed by atoms with Gasteiger partial charge in [-0.3, -0.25) is 9.78 Å². The summed E-state index contributed by atoms with van der Waals surface area (Å²) in [4.78, 5) is 16.4. The van der Waals surface area contributed by atoms with Gasteiger partial charge < -0.3 is 5.32 Å². The summed E-state index contributed by atoms with van der Waals surface area (Å²) in [6, 6.07) is 9.40. The number of benzene rings is 1. The Morgan fingerprint density at radius 1 is 1.37 bits per heavy atom. The second-order valence-electron chi connectivity index (χ2n) is 4.55. The lowest BCUT2D eigenvalue weighted by Crippen LogP contribution is -2.25. The second kappa shape index (κ2) is 6.53. The molecular formula is C15H17ClN2O. The molecule has 0 bridgehead atoms. The smallest absolute Gasteiger partial charge is 0.252 e. The molecule has 0 spiro atoms. The molecule has 1 aromatic heterocycles. The van der Waals surface area contributed by atoms with Gasteiger partial charge in [0.05, 0.1) is 11.1 Å². The van der Waals surface area contributed by atoms with Crippen LogP contribution in [-0.4, -0.2) is 22.8 Å². The highest BCUT2D eigenvalue weighted by Crippen LogP contribution is 2.15. The van der Waals surface area contributed by atoms with E-state index in [1.165, 1.54) is 0 Å². The van der Waals surface area contributed by atoms with Gasteiger partial charge in [0.1, 0.15) is 0 Å². The molecule has 100 valence electrons. The summed E-state index contributed by atoms with van der Waals surface area (Å²) in [5.74, 6) is -0.0548. The first-order valence-electron chi connectivity index (χ1n) is 6.44. The second-order valence-corrected chi connectivity index (χ2v) is 5.30. The lowest BCUT2D eigenvalue weighted by Gasteiger charge is -2.08. The average Bonchev–Trinajstić information content (AvgIpc) is 2.42. The first-order valence-corrected chi connectivity index (χ1v) is 6.88. The van der Waals surface area contributed by atoms with Crippen LogP contribution in [0.3, 0.4) is 0 Å². The Labute approximate surface area is 118 Å². The van der Waals surface area contributed by atoms with E-state index in [-0.39, 0.29) is 11.3 Å². The van der Waals surface area contributed by atoms with Crippen molar-refractivity contribution < 1.29 is 4.79 Å². The summed E-state index contributed by atoms with van der Waals surface area (Å²) >= 11 is 5.87. The van der Waals surface area contributed by atoms with Crippen LogP contribution in [0.15, 0.2) is 36.5 Å². The third-order valence-corrected chi connectivity index (χ3v) is 3.18. The van der Waals surface area contributed by atoms with Gasteiger partial charge in [-0.05, 0) is 31.9 Å². The van der Waals surface area contributed by atoms with E-state index in [2.05, 4.69) is 10.3 Å². The SMILES string of the molecule is CC(Cl)CCCNC(=O)c1ccnc2ccccc12. The van der Waals surface area contributed by atoms with E-state index in [0.717, 1.165) is 23.7 Å². The van der Waals surface area contributed by atoms with E-state index in [1.807, 2.05) is 31.2 Å². The molecule has 19 heavy (non-hydrogen) atoms. The van der Waals surface area contributed by atoms with Crippen molar-refractivity contribution in [3.63, 3.8) is 0 Å². The van der Waals surface area contributed by atoms with Gasteiger partial charge >= 0.3 is 0 Å². The number of hydrogen-bond acceptors (Lipinski definition) is 2. The highest BCUT2D eigenvalue weighted by atomic mass is 35.5. The largest absolute Gasteiger partial charge is 0.352 e. The Bertz CT molecular complexity index is 564. The van der Waals surface area contributed by atoms with Crippen LogP contribution in [-0.2, 0) is 0 Å². The molecule has 0 saturated carbocycles. The van der Waals surface area contributed by atoms with Crippen molar-refractivity contribution in [1.82, 2.24) is 10.3 Å². The molecule has 4 heteroatoms. The average molecular weight is 277 g/mol. The standard InChI is InChI=1S/C15H17ClN2O/c1-11(16)5-4-9-18-15(19)13-8-10-17-14-7-3-2-6-12(13)14/h2-3,6-8,10-11H,4-5,9H2,1H3,(H,18,19). The molecule has 2 aromatic rings. The van der Waals surface area contributed by atoms with E-state index in [9.17, 15) is 4.79 Å². The highest BCUT2D eigenvalue weighted by molar-refractivity contribution is 6.20. The molecule has 1 N–H and O–H groups in total. The molecule has 1 atom stereocenters. The Kier molecular flexibility index (Phi) is 4.74. The van der Waals surface area contributed by atoms with Gasteiger partial charge in [0.2, 0.25) is 0 Å². The van der Waals surface area contributed by atoms with Crippen molar-refractivity contribution in [1.29, 1.82) is 0 Å². The molecule has 0 saturated heterocycles. The van der Waals surface area contributed by atoms with Gasteiger partial charge in [-0.2, -0.15) is 0 Å². The minimum Gasteiger partial charge on any atom is -0.352 e. The van der Waals surface area contributed by atoms with Crippen molar-refractivity contribution in [2.45, 2.75) is 25.1 Å². The molecule has 3 nitrogen and oxygen atoms in total. The summed E-state index contributed by atoms with van der Waals surface area (Å²) in [5, 5.41) is 3.96. The zero-order valence-electron chi connectivity index (χ0n) is 10.9. The Balaban J connectivity index is 2.05. The molecule has 0 aliphatic heterocycles.